The number of likely N-dealkylation sites (tertiary alicyclic amines) is 1. The van der Waals surface area contributed by atoms with Gasteiger partial charge in [-0.3, -0.25) is 14.5 Å². The molecule has 1 heterocycles. The maximum absolute atomic E-state index is 13.4. The number of benzene rings is 2. The molecule has 0 bridgehead atoms. The van der Waals surface area contributed by atoms with Crippen LogP contribution in [0.15, 0.2) is 53.4 Å². The van der Waals surface area contributed by atoms with Crippen molar-refractivity contribution in [3.63, 3.8) is 0 Å². The van der Waals surface area contributed by atoms with Gasteiger partial charge in [-0.1, -0.05) is 43.5 Å². The molecular formula is C32H45N3O3S. The van der Waals surface area contributed by atoms with Gasteiger partial charge in [0.1, 0.15) is 5.75 Å². The highest BCUT2D eigenvalue weighted by molar-refractivity contribution is 7.99. The largest absolute Gasteiger partial charge is 0.508 e. The van der Waals surface area contributed by atoms with Crippen LogP contribution in [-0.4, -0.2) is 58.3 Å². The average molecular weight is 552 g/mol. The van der Waals surface area contributed by atoms with E-state index in [1.54, 1.807) is 36.9 Å². The molecule has 1 aliphatic heterocycles. The minimum atomic E-state index is -0.270. The molecule has 1 aliphatic carbocycles. The summed E-state index contributed by atoms with van der Waals surface area (Å²) in [6.07, 6.45) is 6.70. The van der Waals surface area contributed by atoms with Crippen molar-refractivity contribution >= 4 is 23.6 Å². The summed E-state index contributed by atoms with van der Waals surface area (Å²) < 4.78 is 0. The van der Waals surface area contributed by atoms with Crippen molar-refractivity contribution in [1.29, 1.82) is 0 Å². The molecule has 1 unspecified atom stereocenters. The predicted molar refractivity (Wildman–Crippen MR) is 159 cm³/mol. The lowest BCUT2D eigenvalue weighted by molar-refractivity contribution is -0.131. The van der Waals surface area contributed by atoms with Crippen LogP contribution >= 0.6 is 11.8 Å². The molecule has 0 spiro atoms. The topological polar surface area (TPSA) is 81.7 Å². The highest BCUT2D eigenvalue weighted by atomic mass is 32.2. The van der Waals surface area contributed by atoms with Gasteiger partial charge in [0.05, 0.1) is 6.04 Å². The monoisotopic (exact) mass is 551 g/mol. The summed E-state index contributed by atoms with van der Waals surface area (Å²) in [7, 11) is 0. The maximum Gasteiger partial charge on any atom is 0.251 e. The smallest absolute Gasteiger partial charge is 0.251 e. The molecule has 2 fully saturated rings. The molecule has 7 heteroatoms. The molecule has 1 saturated carbocycles. The predicted octanol–water partition coefficient (Wildman–Crippen LogP) is 5.78. The second-order valence-electron chi connectivity index (χ2n) is 12.3. The molecule has 2 aliphatic rings. The number of thioether (sulfide) groups is 1. The molecule has 39 heavy (non-hydrogen) atoms. The van der Waals surface area contributed by atoms with Gasteiger partial charge in [0, 0.05) is 46.4 Å². The molecule has 2 aromatic rings. The quantitative estimate of drug-likeness (QED) is 0.345. The van der Waals surface area contributed by atoms with Crippen molar-refractivity contribution in [3.8, 4) is 5.75 Å². The Bertz CT molecular complexity index is 1120. The van der Waals surface area contributed by atoms with E-state index in [1.165, 1.54) is 25.7 Å². The van der Waals surface area contributed by atoms with Crippen LogP contribution in [-0.2, 0) is 4.79 Å². The molecule has 3 N–H and O–H groups in total. The number of carbonyl (C=O) groups excluding carboxylic acids is 2. The molecular weight excluding hydrogens is 506 g/mol. The molecule has 0 aromatic heterocycles. The van der Waals surface area contributed by atoms with Gasteiger partial charge in [-0.05, 0) is 83.1 Å². The number of phenols is 1. The fourth-order valence-corrected chi connectivity index (χ4v) is 7.03. The number of phenolic OH excluding ortho intramolecular Hbond substituents is 1. The SMILES string of the molecule is Cc1c(O)cccc1C(=O)N[C@H](CCN1C[C@H]2CCCC[C@H]2CC1C(=O)NC(C)(C)C)CSc1ccccc1. The third kappa shape index (κ3) is 8.24. The number of piperidine rings is 1. The van der Waals surface area contributed by atoms with Gasteiger partial charge in [0.2, 0.25) is 5.91 Å². The third-order valence-electron chi connectivity index (χ3n) is 8.15. The van der Waals surface area contributed by atoms with Crippen LogP contribution in [0.2, 0.25) is 0 Å². The summed E-state index contributed by atoms with van der Waals surface area (Å²) in [5, 5.41) is 16.6. The summed E-state index contributed by atoms with van der Waals surface area (Å²) in [6, 6.07) is 15.1. The Morgan fingerprint density at radius 1 is 1.05 bits per heavy atom. The molecule has 1 saturated heterocycles. The highest BCUT2D eigenvalue weighted by Crippen LogP contribution is 2.39. The molecule has 4 atom stereocenters. The fourth-order valence-electron chi connectivity index (χ4n) is 6.04. The summed E-state index contributed by atoms with van der Waals surface area (Å²) in [5.74, 6) is 2.09. The van der Waals surface area contributed by atoms with Crippen LogP contribution in [0.4, 0.5) is 0 Å². The third-order valence-corrected chi connectivity index (χ3v) is 9.32. The van der Waals surface area contributed by atoms with Crippen molar-refractivity contribution in [2.24, 2.45) is 11.8 Å². The van der Waals surface area contributed by atoms with Crippen LogP contribution in [0.3, 0.4) is 0 Å². The Balaban J connectivity index is 1.49. The van der Waals surface area contributed by atoms with Gasteiger partial charge >= 0.3 is 0 Å². The van der Waals surface area contributed by atoms with Crippen LogP contribution in [0.25, 0.3) is 0 Å². The zero-order valence-corrected chi connectivity index (χ0v) is 24.7. The first kappa shape index (κ1) is 29.5. The second kappa shape index (κ2) is 13.2. The Labute approximate surface area is 238 Å². The van der Waals surface area contributed by atoms with Crippen molar-refractivity contribution < 1.29 is 14.7 Å². The molecule has 6 nitrogen and oxygen atoms in total. The number of nitrogens with one attached hydrogen (secondary N) is 2. The molecule has 2 amide bonds. The van der Waals surface area contributed by atoms with Crippen LogP contribution in [0.5, 0.6) is 5.75 Å². The first-order valence-electron chi connectivity index (χ1n) is 14.4. The number of carbonyl (C=O) groups is 2. The first-order chi connectivity index (χ1) is 18.6. The van der Waals surface area contributed by atoms with Crippen LogP contribution in [0, 0.1) is 18.8 Å². The number of rotatable bonds is 9. The van der Waals surface area contributed by atoms with Crippen molar-refractivity contribution in [2.75, 3.05) is 18.8 Å². The van der Waals surface area contributed by atoms with E-state index in [2.05, 4.69) is 27.7 Å². The summed E-state index contributed by atoms with van der Waals surface area (Å²) >= 11 is 1.73. The zero-order valence-electron chi connectivity index (χ0n) is 23.9. The summed E-state index contributed by atoms with van der Waals surface area (Å²) in [6.45, 7) is 9.59. The zero-order chi connectivity index (χ0) is 28.0. The highest BCUT2D eigenvalue weighted by Gasteiger charge is 2.40. The van der Waals surface area contributed by atoms with Gasteiger partial charge in [-0.25, -0.2) is 0 Å². The van der Waals surface area contributed by atoms with E-state index >= 15 is 0 Å². The molecule has 4 rings (SSSR count). The minimum absolute atomic E-state index is 0.0835. The lowest BCUT2D eigenvalue weighted by Crippen LogP contribution is -2.58. The van der Waals surface area contributed by atoms with Crippen molar-refractivity contribution in [1.82, 2.24) is 15.5 Å². The van der Waals surface area contributed by atoms with Crippen LogP contribution < -0.4 is 10.6 Å². The van der Waals surface area contributed by atoms with E-state index in [9.17, 15) is 14.7 Å². The van der Waals surface area contributed by atoms with E-state index in [-0.39, 0.29) is 35.2 Å². The van der Waals surface area contributed by atoms with E-state index in [1.807, 2.05) is 39.0 Å². The van der Waals surface area contributed by atoms with Crippen LogP contribution in [0.1, 0.15) is 75.2 Å². The normalized spacial score (nSPS) is 22.5. The van der Waals surface area contributed by atoms with Gasteiger partial charge in [-0.2, -0.15) is 0 Å². The van der Waals surface area contributed by atoms with E-state index in [0.29, 0.717) is 23.0 Å². The number of aromatic hydroxyl groups is 1. The van der Waals surface area contributed by atoms with Gasteiger partial charge < -0.3 is 15.7 Å². The summed E-state index contributed by atoms with van der Waals surface area (Å²) in [5.41, 5.74) is 0.812. The average Bonchev–Trinajstić information content (AvgIpc) is 2.90. The number of hydrogen-bond acceptors (Lipinski definition) is 5. The Morgan fingerprint density at radius 2 is 1.77 bits per heavy atom. The lowest BCUT2D eigenvalue weighted by atomic mass is 9.72. The van der Waals surface area contributed by atoms with E-state index in [0.717, 1.165) is 36.6 Å². The van der Waals surface area contributed by atoms with Gasteiger partial charge in [0.25, 0.3) is 5.91 Å². The number of nitrogens with zero attached hydrogens (tertiary/aromatic N) is 1. The van der Waals surface area contributed by atoms with Crippen molar-refractivity contribution in [2.45, 2.75) is 88.7 Å². The fraction of sp³-hybridized carbons (Fsp3) is 0.562. The Kier molecular flexibility index (Phi) is 10.00. The minimum Gasteiger partial charge on any atom is -0.508 e. The van der Waals surface area contributed by atoms with E-state index < -0.39 is 0 Å². The molecule has 212 valence electrons. The van der Waals surface area contributed by atoms with Crippen molar-refractivity contribution in [3.05, 3.63) is 59.7 Å². The molecule has 2 aromatic carbocycles. The Hall–Kier alpha value is -2.51. The second-order valence-corrected chi connectivity index (χ2v) is 13.4. The standard InChI is InChI=1S/C32H45N3O3S/c1-22-27(15-10-16-29(22)36)30(37)33-25(21-39-26-13-6-5-7-14-26)17-18-35-20-24-12-9-8-11-23(24)19-28(35)31(38)34-32(2,3)4/h5-7,10,13-16,23-25,28,36H,8-9,11-12,17-21H2,1-4H3,(H,33,37)(H,34,38)/t23-,24+,25+,28?/m0/s1. The first-order valence-corrected chi connectivity index (χ1v) is 15.4. The van der Waals surface area contributed by atoms with Gasteiger partial charge in [0.15, 0.2) is 0 Å². The summed E-state index contributed by atoms with van der Waals surface area (Å²) in [4.78, 5) is 30.3. The van der Waals surface area contributed by atoms with Gasteiger partial charge in [-0.15, -0.1) is 11.8 Å². The van der Waals surface area contributed by atoms with E-state index in [4.69, 9.17) is 0 Å². The molecule has 0 radical (unpaired) electrons. The Morgan fingerprint density at radius 3 is 2.49 bits per heavy atom. The number of amides is 2. The number of fused-ring (bicyclic) bond motifs is 1. The number of hydrogen-bond donors (Lipinski definition) is 3. The maximum atomic E-state index is 13.4. The lowest BCUT2D eigenvalue weighted by Gasteiger charge is -2.46.